The number of benzene rings is 3. The van der Waals surface area contributed by atoms with E-state index in [-0.39, 0.29) is 28.5 Å². The molecule has 0 saturated heterocycles. The van der Waals surface area contributed by atoms with Gasteiger partial charge in [-0.05, 0) is 85.5 Å². The fourth-order valence-electron chi connectivity index (χ4n) is 4.85. The van der Waals surface area contributed by atoms with Crippen LogP contribution in [0.1, 0.15) is 55.9 Å². The van der Waals surface area contributed by atoms with Gasteiger partial charge in [-0.1, -0.05) is 17.3 Å². The average Bonchev–Trinajstić information content (AvgIpc) is 3.67. The van der Waals surface area contributed by atoms with Crippen LogP contribution in [0.25, 0.3) is 16.5 Å². The molecule has 5 rings (SSSR count). The van der Waals surface area contributed by atoms with Crippen LogP contribution < -0.4 is 20.1 Å². The highest BCUT2D eigenvalue weighted by atomic mass is 16.5. The molecule has 46 heavy (non-hydrogen) atoms. The normalized spacial score (nSPS) is 11.2. The van der Waals surface area contributed by atoms with Crippen LogP contribution >= 0.6 is 0 Å². The van der Waals surface area contributed by atoms with Crippen molar-refractivity contribution in [3.63, 3.8) is 0 Å². The first-order valence-electron chi connectivity index (χ1n) is 14.2. The Morgan fingerprint density at radius 2 is 1.72 bits per heavy atom. The lowest BCUT2D eigenvalue weighted by molar-refractivity contribution is -0.116. The molecule has 0 aliphatic heterocycles. The van der Waals surface area contributed by atoms with E-state index < -0.39 is 11.7 Å². The third-order valence-electron chi connectivity index (χ3n) is 7.37. The summed E-state index contributed by atoms with van der Waals surface area (Å²) in [6.07, 6.45) is 3.36. The van der Waals surface area contributed by atoms with Crippen LogP contribution in [0.3, 0.4) is 0 Å². The highest BCUT2D eigenvalue weighted by Gasteiger charge is 2.25. The van der Waals surface area contributed by atoms with Crippen molar-refractivity contribution in [1.82, 2.24) is 10.5 Å². The van der Waals surface area contributed by atoms with E-state index in [1.165, 1.54) is 36.5 Å². The van der Waals surface area contributed by atoms with Gasteiger partial charge in [0, 0.05) is 23.6 Å². The summed E-state index contributed by atoms with van der Waals surface area (Å²) in [5.41, 5.74) is 3.69. The highest BCUT2D eigenvalue weighted by molar-refractivity contribution is 6.19. The SMILES string of the molecule is COc1ccc(CCNC(=O)C=C(C)c2ccc3oc(C(=O)c4ccc(C#N)cc4)c(NC(=O)c4cnoc4C)c3c2)cc1OC. The summed E-state index contributed by atoms with van der Waals surface area (Å²) < 4.78 is 21.6. The maximum Gasteiger partial charge on any atom is 0.261 e. The molecule has 2 N–H and O–H groups in total. The first kappa shape index (κ1) is 31.3. The largest absolute Gasteiger partial charge is 0.493 e. The number of hydrogen-bond donors (Lipinski definition) is 2. The lowest BCUT2D eigenvalue weighted by atomic mass is 10.0. The molecule has 3 aromatic carbocycles. The number of nitrogens with zero attached hydrogens (tertiary/aromatic N) is 2. The predicted octanol–water partition coefficient (Wildman–Crippen LogP) is 5.86. The lowest BCUT2D eigenvalue weighted by Crippen LogP contribution is -2.23. The van der Waals surface area contributed by atoms with Crippen molar-refractivity contribution in [2.24, 2.45) is 0 Å². The van der Waals surface area contributed by atoms with Crippen LogP contribution in [-0.4, -0.2) is 43.5 Å². The molecule has 2 amide bonds. The molecule has 11 heteroatoms. The molecular weight excluding hydrogens is 588 g/mol. The molecule has 11 nitrogen and oxygen atoms in total. The van der Waals surface area contributed by atoms with Gasteiger partial charge in [0.2, 0.25) is 11.7 Å². The number of nitrogens with one attached hydrogen (secondary N) is 2. The maximum atomic E-state index is 13.6. The molecule has 0 bridgehead atoms. The number of furan rings is 1. The molecular formula is C35H30N4O7. The van der Waals surface area contributed by atoms with E-state index in [2.05, 4.69) is 15.8 Å². The van der Waals surface area contributed by atoms with Crippen molar-refractivity contribution in [1.29, 1.82) is 5.26 Å². The van der Waals surface area contributed by atoms with Gasteiger partial charge in [0.05, 0.1) is 37.7 Å². The number of allylic oxidation sites excluding steroid dienone is 1. The number of carbonyl (C=O) groups excluding carboxylic acids is 3. The Morgan fingerprint density at radius 3 is 2.39 bits per heavy atom. The maximum absolute atomic E-state index is 13.6. The summed E-state index contributed by atoms with van der Waals surface area (Å²) in [7, 11) is 3.14. The third-order valence-corrected chi connectivity index (χ3v) is 7.37. The van der Waals surface area contributed by atoms with Crippen LogP contribution in [0.15, 0.2) is 81.9 Å². The molecule has 5 aromatic rings. The van der Waals surface area contributed by atoms with E-state index in [0.29, 0.717) is 57.9 Å². The number of methoxy groups -OCH3 is 2. The summed E-state index contributed by atoms with van der Waals surface area (Å²) in [5, 5.41) is 18.9. The minimum Gasteiger partial charge on any atom is -0.493 e. The molecule has 0 aliphatic carbocycles. The molecule has 0 atom stereocenters. The lowest BCUT2D eigenvalue weighted by Gasteiger charge is -2.10. The second-order valence-electron chi connectivity index (χ2n) is 10.3. The molecule has 0 aliphatic rings. The zero-order valence-corrected chi connectivity index (χ0v) is 25.6. The molecule has 0 radical (unpaired) electrons. The minimum absolute atomic E-state index is 0.0890. The Hall–Kier alpha value is -6.15. The van der Waals surface area contributed by atoms with Crippen molar-refractivity contribution in [2.45, 2.75) is 20.3 Å². The summed E-state index contributed by atoms with van der Waals surface area (Å²) in [4.78, 5) is 39.5. The Labute approximate surface area is 264 Å². The van der Waals surface area contributed by atoms with Crippen LogP contribution in [-0.2, 0) is 11.2 Å². The second-order valence-corrected chi connectivity index (χ2v) is 10.3. The van der Waals surface area contributed by atoms with Gasteiger partial charge in [-0.3, -0.25) is 14.4 Å². The first-order valence-corrected chi connectivity index (χ1v) is 14.2. The quantitative estimate of drug-likeness (QED) is 0.137. The number of amides is 2. The van der Waals surface area contributed by atoms with Crippen molar-refractivity contribution >= 4 is 39.8 Å². The molecule has 2 heterocycles. The molecule has 2 aromatic heterocycles. The Balaban J connectivity index is 1.40. The predicted molar refractivity (Wildman–Crippen MR) is 170 cm³/mol. The summed E-state index contributed by atoms with van der Waals surface area (Å²) in [6.45, 7) is 3.79. The van der Waals surface area contributed by atoms with E-state index >= 15 is 0 Å². The number of aromatic nitrogens is 1. The number of hydrogen-bond acceptors (Lipinski definition) is 9. The number of anilines is 1. The van der Waals surface area contributed by atoms with Crippen molar-refractivity contribution in [3.05, 3.63) is 112 Å². The van der Waals surface area contributed by atoms with E-state index in [1.807, 2.05) is 24.3 Å². The zero-order valence-electron chi connectivity index (χ0n) is 25.6. The van der Waals surface area contributed by atoms with Gasteiger partial charge in [0.15, 0.2) is 17.3 Å². The van der Waals surface area contributed by atoms with Crippen LogP contribution in [0, 0.1) is 18.3 Å². The number of nitriles is 1. The number of fused-ring (bicyclic) bond motifs is 1. The molecule has 0 fully saturated rings. The Kier molecular flexibility index (Phi) is 9.28. The standard InChI is InChI=1S/C35H30N4O7/c1-20(15-31(40)37-14-13-22-7-11-29(43-3)30(16-22)44-4)25-10-12-28-26(17-25)32(39-35(42)27-19-38-46-21(27)2)34(45-28)33(41)24-8-5-23(18-36)6-9-24/h5-12,15-17,19H,13-14H2,1-4H3,(H,37,40)(H,39,42). The number of rotatable bonds is 11. The Bertz CT molecular complexity index is 2010. The van der Waals surface area contributed by atoms with Gasteiger partial charge in [0.1, 0.15) is 16.9 Å². The van der Waals surface area contributed by atoms with Gasteiger partial charge in [0.25, 0.3) is 5.91 Å². The Morgan fingerprint density at radius 1 is 0.978 bits per heavy atom. The monoisotopic (exact) mass is 618 g/mol. The number of ether oxygens (including phenoxy) is 2. The van der Waals surface area contributed by atoms with E-state index in [4.69, 9.17) is 23.7 Å². The average molecular weight is 619 g/mol. The van der Waals surface area contributed by atoms with E-state index in [1.54, 1.807) is 46.3 Å². The van der Waals surface area contributed by atoms with Gasteiger partial charge < -0.3 is 29.0 Å². The summed E-state index contributed by atoms with van der Waals surface area (Å²) in [6, 6.07) is 18.9. The second kappa shape index (κ2) is 13.7. The van der Waals surface area contributed by atoms with Crippen LogP contribution in [0.4, 0.5) is 5.69 Å². The first-order chi connectivity index (χ1) is 22.2. The number of aryl methyl sites for hydroxylation is 1. The van der Waals surface area contributed by atoms with E-state index in [0.717, 1.165) is 5.56 Å². The van der Waals surface area contributed by atoms with Gasteiger partial charge in [-0.15, -0.1) is 0 Å². The van der Waals surface area contributed by atoms with Gasteiger partial charge >= 0.3 is 0 Å². The van der Waals surface area contributed by atoms with Crippen molar-refractivity contribution in [3.8, 4) is 17.6 Å². The van der Waals surface area contributed by atoms with Crippen molar-refractivity contribution in [2.75, 3.05) is 26.1 Å². The number of ketones is 1. The zero-order chi connectivity index (χ0) is 32.8. The molecule has 0 unspecified atom stereocenters. The molecule has 0 spiro atoms. The number of carbonyl (C=O) groups is 3. The molecule has 0 saturated carbocycles. The van der Waals surface area contributed by atoms with Gasteiger partial charge in [-0.25, -0.2) is 0 Å². The fourth-order valence-corrected chi connectivity index (χ4v) is 4.85. The topological polar surface area (TPSA) is 157 Å². The fraction of sp³-hybridized carbons (Fsp3) is 0.171. The summed E-state index contributed by atoms with van der Waals surface area (Å²) >= 11 is 0. The van der Waals surface area contributed by atoms with Gasteiger partial charge in [-0.2, -0.15) is 5.26 Å². The van der Waals surface area contributed by atoms with Crippen LogP contribution in [0.5, 0.6) is 11.5 Å². The van der Waals surface area contributed by atoms with Crippen molar-refractivity contribution < 1.29 is 32.8 Å². The minimum atomic E-state index is -0.540. The smallest absolute Gasteiger partial charge is 0.261 e. The van der Waals surface area contributed by atoms with Crippen LogP contribution in [0.2, 0.25) is 0 Å². The summed E-state index contributed by atoms with van der Waals surface area (Å²) in [5.74, 6) is 0.160. The third kappa shape index (κ3) is 6.66. The highest BCUT2D eigenvalue weighted by Crippen LogP contribution is 2.35. The van der Waals surface area contributed by atoms with E-state index in [9.17, 15) is 14.4 Å². The molecule has 232 valence electrons.